The van der Waals surface area contributed by atoms with E-state index in [1.54, 1.807) is 7.11 Å². The highest BCUT2D eigenvalue weighted by atomic mass is 32.1. The van der Waals surface area contributed by atoms with Gasteiger partial charge in [0, 0.05) is 46.7 Å². The third-order valence-electron chi connectivity index (χ3n) is 10.4. The molecule has 5 aromatic rings. The van der Waals surface area contributed by atoms with Gasteiger partial charge in [-0.25, -0.2) is 0 Å². The Bertz CT molecular complexity index is 1970. The molecule has 2 unspecified atom stereocenters. The van der Waals surface area contributed by atoms with Crippen LogP contribution in [0.4, 0.5) is 0 Å². The van der Waals surface area contributed by atoms with Gasteiger partial charge < -0.3 is 9.84 Å². The highest BCUT2D eigenvalue weighted by molar-refractivity contribution is 7.22. The number of rotatable bonds is 4. The molecule has 220 valence electrons. The number of aliphatic hydroxyl groups excluding tert-OH is 1. The second-order valence-corrected chi connectivity index (χ2v) is 15.2. The molecular formula is C39H42NO2S+. The molecule has 4 heteroatoms. The molecule has 2 aromatic heterocycles. The van der Waals surface area contributed by atoms with E-state index in [2.05, 4.69) is 120 Å². The summed E-state index contributed by atoms with van der Waals surface area (Å²) < 4.78 is 9.75. The highest BCUT2D eigenvalue weighted by Crippen LogP contribution is 2.60. The summed E-state index contributed by atoms with van der Waals surface area (Å²) in [5.41, 5.74) is 11.3. The maximum absolute atomic E-state index is 10.2. The van der Waals surface area contributed by atoms with Gasteiger partial charge in [0.05, 0.1) is 30.1 Å². The number of nitrogens with zero attached hydrogens (tertiary/aromatic N) is 1. The van der Waals surface area contributed by atoms with Crippen LogP contribution < -0.4 is 4.57 Å². The molecule has 0 saturated carbocycles. The SMILES string of the molecule is COC/C(=C\CO)C1(C)C(C)c2ccc3c(c2-c2cc(C(C)(C)C)c4ccccc4[n+]21)C(C)(C)c1c-3sc2ccccc12. The number of thiophene rings is 1. The number of fused-ring (bicyclic) bond motifs is 11. The maximum Gasteiger partial charge on any atom is 0.214 e. The second kappa shape index (κ2) is 9.59. The number of para-hydroxylation sites is 1. The Morgan fingerprint density at radius 1 is 0.977 bits per heavy atom. The van der Waals surface area contributed by atoms with Gasteiger partial charge in [0.25, 0.3) is 0 Å². The number of benzene rings is 3. The molecule has 1 aliphatic carbocycles. The van der Waals surface area contributed by atoms with Crippen LogP contribution in [0, 0.1) is 0 Å². The van der Waals surface area contributed by atoms with Crippen molar-refractivity contribution in [1.82, 2.24) is 0 Å². The van der Waals surface area contributed by atoms with Crippen LogP contribution >= 0.6 is 11.3 Å². The zero-order valence-electron chi connectivity index (χ0n) is 26.6. The van der Waals surface area contributed by atoms with Crippen molar-refractivity contribution in [2.45, 2.75) is 70.8 Å². The summed E-state index contributed by atoms with van der Waals surface area (Å²) >= 11 is 1.93. The normalized spacial score (nSPS) is 20.7. The summed E-state index contributed by atoms with van der Waals surface area (Å²) in [5, 5.41) is 12.9. The number of hydrogen-bond donors (Lipinski definition) is 1. The van der Waals surface area contributed by atoms with Gasteiger partial charge in [0.15, 0.2) is 5.54 Å². The fourth-order valence-corrected chi connectivity index (χ4v) is 9.67. The predicted octanol–water partition coefficient (Wildman–Crippen LogP) is 9.01. The third kappa shape index (κ3) is 3.76. The standard InChI is InChI=1S/C39H42NO2S/c1-23-25-17-18-28-34(38(5,6)35-27-14-10-12-16-32(27)43-36(28)35)33(25)31-21-29(37(2,3)4)26-13-9-11-15-30(26)40(31)39(23,7)24(19-20-41)22-42-8/h9-19,21,23,41H,20,22H2,1-8H3/q+1/b24-19+. The minimum Gasteiger partial charge on any atom is -0.392 e. The van der Waals surface area contributed by atoms with Crippen LogP contribution in [0.15, 0.2) is 78.4 Å². The number of pyridine rings is 1. The van der Waals surface area contributed by atoms with Crippen LogP contribution in [0.3, 0.4) is 0 Å². The topological polar surface area (TPSA) is 33.3 Å². The Kier molecular flexibility index (Phi) is 6.35. The number of hydrogen-bond acceptors (Lipinski definition) is 3. The van der Waals surface area contributed by atoms with Gasteiger partial charge in [0.2, 0.25) is 11.2 Å². The van der Waals surface area contributed by atoms with E-state index < -0.39 is 5.54 Å². The fourth-order valence-electron chi connectivity index (χ4n) is 8.28. The zero-order chi connectivity index (χ0) is 30.5. The zero-order valence-corrected chi connectivity index (χ0v) is 27.4. The van der Waals surface area contributed by atoms with E-state index in [4.69, 9.17) is 4.74 Å². The van der Waals surface area contributed by atoms with E-state index >= 15 is 0 Å². The molecule has 3 aromatic carbocycles. The summed E-state index contributed by atoms with van der Waals surface area (Å²) in [5.74, 6) is 0.133. The van der Waals surface area contributed by atoms with Gasteiger partial charge in [-0.05, 0) is 50.8 Å². The number of aromatic nitrogens is 1. The predicted molar refractivity (Wildman–Crippen MR) is 180 cm³/mol. The van der Waals surface area contributed by atoms with Crippen molar-refractivity contribution in [2.24, 2.45) is 0 Å². The molecule has 3 nitrogen and oxygen atoms in total. The molecule has 1 aliphatic heterocycles. The Hall–Kier alpha value is -3.31. The van der Waals surface area contributed by atoms with Gasteiger partial charge >= 0.3 is 0 Å². The van der Waals surface area contributed by atoms with Gasteiger partial charge in [-0.2, -0.15) is 4.57 Å². The molecule has 0 radical (unpaired) electrons. The highest BCUT2D eigenvalue weighted by Gasteiger charge is 2.55. The van der Waals surface area contributed by atoms with Crippen LogP contribution in [0.25, 0.3) is 42.7 Å². The first-order valence-corrected chi connectivity index (χ1v) is 16.3. The average molecular weight is 589 g/mol. The largest absolute Gasteiger partial charge is 0.392 e. The van der Waals surface area contributed by atoms with E-state index in [0.29, 0.717) is 6.61 Å². The molecule has 2 aliphatic rings. The minimum atomic E-state index is -0.453. The number of methoxy groups -OCH3 is 1. The van der Waals surface area contributed by atoms with Crippen molar-refractivity contribution in [2.75, 3.05) is 20.3 Å². The smallest absolute Gasteiger partial charge is 0.214 e. The van der Waals surface area contributed by atoms with E-state index in [9.17, 15) is 5.11 Å². The molecule has 3 heterocycles. The van der Waals surface area contributed by atoms with Crippen molar-refractivity contribution < 1.29 is 14.4 Å². The molecule has 0 amide bonds. The lowest BCUT2D eigenvalue weighted by Gasteiger charge is -2.41. The van der Waals surface area contributed by atoms with Gasteiger partial charge in [-0.1, -0.05) is 90.1 Å². The Labute approximate surface area is 259 Å². The molecule has 0 spiro atoms. The van der Waals surface area contributed by atoms with E-state index in [0.717, 1.165) is 5.57 Å². The fraction of sp³-hybridized carbons (Fsp3) is 0.359. The Balaban J connectivity index is 1.66. The summed E-state index contributed by atoms with van der Waals surface area (Å²) in [4.78, 5) is 1.41. The summed E-state index contributed by atoms with van der Waals surface area (Å²) in [6, 6.07) is 25.0. The molecule has 0 bridgehead atoms. The average Bonchev–Trinajstić information content (AvgIpc) is 3.47. The van der Waals surface area contributed by atoms with Crippen LogP contribution in [0.1, 0.15) is 76.6 Å². The van der Waals surface area contributed by atoms with E-state index in [1.807, 2.05) is 17.4 Å². The number of aliphatic hydroxyl groups is 1. The first-order valence-electron chi connectivity index (χ1n) is 15.4. The third-order valence-corrected chi connectivity index (χ3v) is 11.6. The Morgan fingerprint density at radius 3 is 2.37 bits per heavy atom. The van der Waals surface area contributed by atoms with Crippen molar-refractivity contribution in [1.29, 1.82) is 0 Å². The first kappa shape index (κ1) is 28.5. The van der Waals surface area contributed by atoms with Crippen molar-refractivity contribution in [3.05, 3.63) is 101 Å². The number of ether oxygens (including phenoxy) is 1. The van der Waals surface area contributed by atoms with Crippen molar-refractivity contribution in [3.63, 3.8) is 0 Å². The molecular weight excluding hydrogens is 547 g/mol. The molecule has 1 N–H and O–H groups in total. The molecule has 2 atom stereocenters. The lowest BCUT2D eigenvalue weighted by molar-refractivity contribution is -0.724. The van der Waals surface area contributed by atoms with Crippen LogP contribution in [0.5, 0.6) is 0 Å². The maximum atomic E-state index is 10.2. The summed E-state index contributed by atoms with van der Waals surface area (Å²) in [7, 11) is 1.75. The quantitative estimate of drug-likeness (QED) is 0.168. The molecule has 0 fully saturated rings. The van der Waals surface area contributed by atoms with E-state index in [1.165, 1.54) is 64.9 Å². The van der Waals surface area contributed by atoms with Crippen molar-refractivity contribution in [3.8, 4) is 21.7 Å². The molecule has 43 heavy (non-hydrogen) atoms. The van der Waals surface area contributed by atoms with Gasteiger partial charge in [-0.3, -0.25) is 0 Å². The van der Waals surface area contributed by atoms with Crippen LogP contribution in [-0.4, -0.2) is 25.4 Å². The van der Waals surface area contributed by atoms with Gasteiger partial charge in [0.1, 0.15) is 0 Å². The lowest BCUT2D eigenvalue weighted by atomic mass is 9.67. The van der Waals surface area contributed by atoms with Crippen LogP contribution in [0.2, 0.25) is 0 Å². The summed E-state index contributed by atoms with van der Waals surface area (Å²) in [6.07, 6.45) is 1.97. The molecule has 0 saturated heterocycles. The second-order valence-electron chi connectivity index (χ2n) is 14.1. The van der Waals surface area contributed by atoms with E-state index in [-0.39, 0.29) is 23.4 Å². The summed E-state index contributed by atoms with van der Waals surface area (Å²) in [6.45, 7) is 17.0. The first-order chi connectivity index (χ1) is 20.5. The molecule has 7 rings (SSSR count). The van der Waals surface area contributed by atoms with Gasteiger partial charge in [-0.15, -0.1) is 11.3 Å². The van der Waals surface area contributed by atoms with Crippen LogP contribution in [-0.2, 0) is 21.1 Å². The lowest BCUT2D eigenvalue weighted by Crippen LogP contribution is -2.63. The Morgan fingerprint density at radius 2 is 1.67 bits per heavy atom. The monoisotopic (exact) mass is 588 g/mol. The van der Waals surface area contributed by atoms with Crippen molar-refractivity contribution >= 4 is 32.3 Å². The minimum absolute atomic E-state index is 0.0216.